The molecule has 3 heterocycles. The van der Waals surface area contributed by atoms with Crippen molar-refractivity contribution >= 4 is 11.7 Å². The Morgan fingerprint density at radius 2 is 2.16 bits per heavy atom. The van der Waals surface area contributed by atoms with Gasteiger partial charge >= 0.3 is 0 Å². The van der Waals surface area contributed by atoms with Gasteiger partial charge in [0, 0.05) is 18.3 Å². The van der Waals surface area contributed by atoms with Gasteiger partial charge in [-0.05, 0) is 30.2 Å². The highest BCUT2D eigenvalue weighted by atomic mass is 19.1. The van der Waals surface area contributed by atoms with E-state index >= 15 is 0 Å². The van der Waals surface area contributed by atoms with Crippen LogP contribution in [0.1, 0.15) is 15.9 Å². The van der Waals surface area contributed by atoms with Crippen molar-refractivity contribution < 1.29 is 9.18 Å². The number of nitrogen functional groups attached to an aromatic ring is 1. The fourth-order valence-corrected chi connectivity index (χ4v) is 2.13. The molecule has 3 N–H and O–H groups in total. The highest BCUT2D eigenvalue weighted by Gasteiger charge is 2.18. The van der Waals surface area contributed by atoms with Crippen molar-refractivity contribution in [2.24, 2.45) is 0 Å². The smallest absolute Gasteiger partial charge is 0.253 e. The quantitative estimate of drug-likeness (QED) is 0.752. The number of anilines is 1. The van der Waals surface area contributed by atoms with Crippen molar-refractivity contribution in [3.05, 3.63) is 41.5 Å². The van der Waals surface area contributed by atoms with Crippen molar-refractivity contribution in [1.29, 1.82) is 0 Å². The average molecular weight is 258 g/mol. The number of halogens is 1. The van der Waals surface area contributed by atoms with Gasteiger partial charge in [-0.1, -0.05) is 0 Å². The van der Waals surface area contributed by atoms with Gasteiger partial charge in [-0.2, -0.15) is 4.39 Å². The Kier molecular flexibility index (Phi) is 2.63. The van der Waals surface area contributed by atoms with Crippen LogP contribution in [0, 0.1) is 5.95 Å². The summed E-state index contributed by atoms with van der Waals surface area (Å²) in [6.07, 6.45) is 2.26. The Bertz CT molecular complexity index is 672. The van der Waals surface area contributed by atoms with Crippen LogP contribution < -0.4 is 11.1 Å². The molecule has 2 aromatic heterocycles. The monoisotopic (exact) mass is 258 g/mol. The van der Waals surface area contributed by atoms with Crippen LogP contribution in [0.4, 0.5) is 10.2 Å². The number of rotatable bonds is 1. The molecule has 6 heteroatoms. The van der Waals surface area contributed by atoms with E-state index < -0.39 is 5.95 Å². The van der Waals surface area contributed by atoms with Crippen LogP contribution in [0.15, 0.2) is 24.4 Å². The zero-order valence-corrected chi connectivity index (χ0v) is 9.98. The molecule has 0 unspecified atom stereocenters. The number of nitrogens with two attached hydrogens (primary N) is 1. The first-order valence-electron chi connectivity index (χ1n) is 5.84. The standard InChI is InChI=1S/C13H11FN4O/c14-11-2-1-8(12(15)18-11)10-5-7-3-4-16-13(19)9(7)6-17-10/h1-2,5-6H,3-4H2,(H2,15,18)(H,16,19). The highest BCUT2D eigenvalue weighted by molar-refractivity contribution is 5.96. The molecule has 0 fully saturated rings. The van der Waals surface area contributed by atoms with Crippen LogP contribution in [-0.2, 0) is 6.42 Å². The van der Waals surface area contributed by atoms with E-state index in [0.717, 1.165) is 12.0 Å². The molecule has 0 spiro atoms. The molecular weight excluding hydrogens is 247 g/mol. The first-order chi connectivity index (χ1) is 9.15. The Morgan fingerprint density at radius 3 is 2.95 bits per heavy atom. The normalized spacial score (nSPS) is 13.8. The molecule has 0 aromatic carbocycles. The lowest BCUT2D eigenvalue weighted by atomic mass is 10.00. The number of carbonyl (C=O) groups excluding carboxylic acids is 1. The summed E-state index contributed by atoms with van der Waals surface area (Å²) < 4.78 is 12.9. The molecule has 0 radical (unpaired) electrons. The number of pyridine rings is 2. The lowest BCUT2D eigenvalue weighted by Gasteiger charge is -2.16. The lowest BCUT2D eigenvalue weighted by molar-refractivity contribution is 0.0945. The summed E-state index contributed by atoms with van der Waals surface area (Å²) in [5.74, 6) is -0.656. The van der Waals surface area contributed by atoms with Crippen LogP contribution >= 0.6 is 0 Å². The Balaban J connectivity index is 2.09. The second-order valence-corrected chi connectivity index (χ2v) is 4.30. The summed E-state index contributed by atoms with van der Waals surface area (Å²) in [6.45, 7) is 0.604. The summed E-state index contributed by atoms with van der Waals surface area (Å²) >= 11 is 0. The van der Waals surface area contributed by atoms with Crippen molar-refractivity contribution in [3.8, 4) is 11.3 Å². The van der Waals surface area contributed by atoms with Gasteiger partial charge in [0.15, 0.2) is 0 Å². The number of carbonyl (C=O) groups is 1. The summed E-state index contributed by atoms with van der Waals surface area (Å²) in [6, 6.07) is 4.58. The third kappa shape index (κ3) is 2.01. The molecule has 1 aliphatic rings. The van der Waals surface area contributed by atoms with E-state index in [4.69, 9.17) is 5.73 Å². The van der Waals surface area contributed by atoms with E-state index in [1.807, 2.05) is 0 Å². The minimum absolute atomic E-state index is 0.0905. The minimum atomic E-state index is -0.626. The van der Waals surface area contributed by atoms with E-state index in [2.05, 4.69) is 15.3 Å². The molecule has 1 amide bonds. The van der Waals surface area contributed by atoms with Gasteiger partial charge in [0.25, 0.3) is 5.91 Å². The molecule has 3 rings (SSSR count). The fraction of sp³-hybridized carbons (Fsp3) is 0.154. The molecule has 0 aliphatic carbocycles. The maximum atomic E-state index is 12.9. The first kappa shape index (κ1) is 11.6. The van der Waals surface area contributed by atoms with Crippen LogP contribution in [0.2, 0.25) is 0 Å². The van der Waals surface area contributed by atoms with E-state index in [-0.39, 0.29) is 11.7 Å². The third-order valence-electron chi connectivity index (χ3n) is 3.08. The number of hydrogen-bond acceptors (Lipinski definition) is 4. The summed E-state index contributed by atoms with van der Waals surface area (Å²) in [5.41, 5.74) is 8.33. The second-order valence-electron chi connectivity index (χ2n) is 4.30. The third-order valence-corrected chi connectivity index (χ3v) is 3.08. The predicted octanol–water partition coefficient (Wildman–Crippen LogP) is 1.15. The Hall–Kier alpha value is -2.50. The SMILES string of the molecule is Nc1nc(F)ccc1-c1cc2c(cn1)C(=O)NCC2. The Morgan fingerprint density at radius 1 is 1.32 bits per heavy atom. The maximum absolute atomic E-state index is 12.9. The maximum Gasteiger partial charge on any atom is 0.253 e. The van der Waals surface area contributed by atoms with Gasteiger partial charge in [-0.3, -0.25) is 9.78 Å². The number of hydrogen-bond donors (Lipinski definition) is 2. The van der Waals surface area contributed by atoms with Crippen molar-refractivity contribution in [2.75, 3.05) is 12.3 Å². The zero-order chi connectivity index (χ0) is 13.4. The molecule has 19 heavy (non-hydrogen) atoms. The topological polar surface area (TPSA) is 80.9 Å². The van der Waals surface area contributed by atoms with Gasteiger partial charge < -0.3 is 11.1 Å². The van der Waals surface area contributed by atoms with Gasteiger partial charge in [0.1, 0.15) is 5.82 Å². The summed E-state index contributed by atoms with van der Waals surface area (Å²) in [5, 5.41) is 2.75. The summed E-state index contributed by atoms with van der Waals surface area (Å²) in [4.78, 5) is 19.4. The van der Waals surface area contributed by atoms with E-state index in [9.17, 15) is 9.18 Å². The van der Waals surface area contributed by atoms with Crippen LogP contribution in [0.3, 0.4) is 0 Å². The van der Waals surface area contributed by atoms with Crippen molar-refractivity contribution in [1.82, 2.24) is 15.3 Å². The van der Waals surface area contributed by atoms with Crippen LogP contribution in [-0.4, -0.2) is 22.4 Å². The van der Waals surface area contributed by atoms with Gasteiger partial charge in [0.2, 0.25) is 5.95 Å². The number of nitrogens with one attached hydrogen (secondary N) is 1. The number of aromatic nitrogens is 2. The molecule has 0 bridgehead atoms. The van der Waals surface area contributed by atoms with Crippen molar-refractivity contribution in [2.45, 2.75) is 6.42 Å². The second kappa shape index (κ2) is 4.31. The zero-order valence-electron chi connectivity index (χ0n) is 9.98. The molecule has 96 valence electrons. The minimum Gasteiger partial charge on any atom is -0.383 e. The van der Waals surface area contributed by atoms with Gasteiger partial charge in [0.05, 0.1) is 11.3 Å². The first-order valence-corrected chi connectivity index (χ1v) is 5.84. The largest absolute Gasteiger partial charge is 0.383 e. The molecule has 1 aliphatic heterocycles. The Labute approximate surface area is 108 Å². The fourth-order valence-electron chi connectivity index (χ4n) is 2.13. The molecule has 2 aromatic rings. The van der Waals surface area contributed by atoms with Crippen LogP contribution in [0.25, 0.3) is 11.3 Å². The van der Waals surface area contributed by atoms with Crippen LogP contribution in [0.5, 0.6) is 0 Å². The molecule has 0 saturated heterocycles. The predicted molar refractivity (Wildman–Crippen MR) is 67.9 cm³/mol. The highest BCUT2D eigenvalue weighted by Crippen LogP contribution is 2.25. The van der Waals surface area contributed by atoms with E-state index in [1.165, 1.54) is 18.3 Å². The molecule has 0 saturated carbocycles. The molecule has 5 nitrogen and oxygen atoms in total. The molecular formula is C13H11FN4O. The average Bonchev–Trinajstić information content (AvgIpc) is 2.38. The van der Waals surface area contributed by atoms with Crippen molar-refractivity contribution in [3.63, 3.8) is 0 Å². The number of nitrogens with zero attached hydrogens (tertiary/aromatic N) is 2. The molecule has 0 atom stereocenters. The van der Waals surface area contributed by atoms with Gasteiger partial charge in [-0.15, -0.1) is 0 Å². The number of amides is 1. The summed E-state index contributed by atoms with van der Waals surface area (Å²) in [7, 11) is 0. The lowest BCUT2D eigenvalue weighted by Crippen LogP contribution is -2.31. The number of fused-ring (bicyclic) bond motifs is 1. The van der Waals surface area contributed by atoms with Gasteiger partial charge in [-0.25, -0.2) is 4.98 Å². The van der Waals surface area contributed by atoms with E-state index in [0.29, 0.717) is 23.4 Å². The van der Waals surface area contributed by atoms with E-state index in [1.54, 1.807) is 6.07 Å².